The maximum Gasteiger partial charge on any atom is 0.145 e. The molecule has 0 bridgehead atoms. The molecule has 1 unspecified atom stereocenters. The highest BCUT2D eigenvalue weighted by Crippen LogP contribution is 2.24. The normalized spacial score (nSPS) is 20.9. The van der Waals surface area contributed by atoms with Gasteiger partial charge in [0.25, 0.3) is 0 Å². The van der Waals surface area contributed by atoms with Gasteiger partial charge >= 0.3 is 0 Å². The lowest BCUT2D eigenvalue weighted by molar-refractivity contribution is 0.719. The van der Waals surface area contributed by atoms with Crippen molar-refractivity contribution in [1.82, 2.24) is 9.97 Å². The van der Waals surface area contributed by atoms with E-state index >= 15 is 0 Å². The van der Waals surface area contributed by atoms with Crippen LogP contribution in [0.5, 0.6) is 0 Å². The van der Waals surface area contributed by atoms with Crippen LogP contribution in [-0.2, 0) is 0 Å². The number of hydrazine groups is 1. The number of aromatic nitrogens is 2. The molecule has 0 aliphatic carbocycles. The van der Waals surface area contributed by atoms with Crippen molar-refractivity contribution in [3.05, 3.63) is 12.4 Å². The monoisotopic (exact) mass is 239 g/mol. The second-order valence-corrected chi connectivity index (χ2v) is 5.16. The van der Waals surface area contributed by atoms with Crippen molar-refractivity contribution >= 4 is 23.4 Å². The van der Waals surface area contributed by atoms with Crippen LogP contribution in [0.4, 0.5) is 11.6 Å². The Hall–Kier alpha value is -1.01. The Kier molecular flexibility index (Phi) is 3.84. The van der Waals surface area contributed by atoms with E-state index in [2.05, 4.69) is 27.2 Å². The standard InChI is InChI=1S/C10H17N5S/c1-2-8-6-15(3-4-16-8)10-5-9(14-11)12-7-13-10/h5,7-8H,2-4,6,11H2,1H3,(H,12,13,14). The smallest absolute Gasteiger partial charge is 0.145 e. The summed E-state index contributed by atoms with van der Waals surface area (Å²) in [6, 6.07) is 1.89. The third kappa shape index (κ3) is 2.56. The number of anilines is 2. The van der Waals surface area contributed by atoms with E-state index < -0.39 is 0 Å². The number of hydrogen-bond donors (Lipinski definition) is 2. The average molecular weight is 239 g/mol. The van der Waals surface area contributed by atoms with Gasteiger partial charge < -0.3 is 10.3 Å². The van der Waals surface area contributed by atoms with E-state index in [1.54, 1.807) is 6.33 Å². The van der Waals surface area contributed by atoms with Gasteiger partial charge in [-0.25, -0.2) is 15.8 Å². The van der Waals surface area contributed by atoms with Crippen molar-refractivity contribution in [2.75, 3.05) is 29.2 Å². The predicted octanol–water partition coefficient (Wildman–Crippen LogP) is 1.09. The van der Waals surface area contributed by atoms with Gasteiger partial charge in [-0.15, -0.1) is 0 Å². The van der Waals surface area contributed by atoms with E-state index in [1.165, 1.54) is 6.42 Å². The summed E-state index contributed by atoms with van der Waals surface area (Å²) in [6.07, 6.45) is 2.75. The summed E-state index contributed by atoms with van der Waals surface area (Å²) in [5, 5.41) is 0.706. The molecule has 0 saturated carbocycles. The summed E-state index contributed by atoms with van der Waals surface area (Å²) in [6.45, 7) is 4.33. The van der Waals surface area contributed by atoms with Crippen molar-refractivity contribution < 1.29 is 0 Å². The molecule has 1 aromatic heterocycles. The van der Waals surface area contributed by atoms with Gasteiger partial charge in [0, 0.05) is 30.2 Å². The van der Waals surface area contributed by atoms with Gasteiger partial charge in [0.2, 0.25) is 0 Å². The van der Waals surface area contributed by atoms with Crippen LogP contribution in [0.15, 0.2) is 12.4 Å². The highest BCUT2D eigenvalue weighted by Gasteiger charge is 2.20. The van der Waals surface area contributed by atoms with Gasteiger partial charge in [-0.3, -0.25) is 0 Å². The number of thioether (sulfide) groups is 1. The topological polar surface area (TPSA) is 67.1 Å². The van der Waals surface area contributed by atoms with Gasteiger partial charge in [-0.1, -0.05) is 6.92 Å². The minimum absolute atomic E-state index is 0.663. The van der Waals surface area contributed by atoms with Crippen LogP contribution < -0.4 is 16.2 Å². The SMILES string of the molecule is CCC1CN(c2cc(NN)ncn2)CCS1. The first-order valence-corrected chi connectivity index (χ1v) is 6.53. The van der Waals surface area contributed by atoms with Crippen molar-refractivity contribution in [2.45, 2.75) is 18.6 Å². The Balaban J connectivity index is 2.10. The molecule has 16 heavy (non-hydrogen) atoms. The van der Waals surface area contributed by atoms with E-state index in [9.17, 15) is 0 Å². The summed E-state index contributed by atoms with van der Waals surface area (Å²) in [4.78, 5) is 10.6. The maximum absolute atomic E-state index is 5.34. The molecule has 3 N–H and O–H groups in total. The first-order valence-electron chi connectivity index (χ1n) is 5.48. The van der Waals surface area contributed by atoms with Crippen molar-refractivity contribution in [3.8, 4) is 0 Å². The fourth-order valence-electron chi connectivity index (χ4n) is 1.77. The fourth-order valence-corrected chi connectivity index (χ4v) is 2.95. The molecule has 0 amide bonds. The highest BCUT2D eigenvalue weighted by atomic mass is 32.2. The van der Waals surface area contributed by atoms with Gasteiger partial charge in [0.15, 0.2) is 0 Å². The van der Waals surface area contributed by atoms with Crippen LogP contribution in [0, 0.1) is 0 Å². The Bertz CT molecular complexity index is 346. The lowest BCUT2D eigenvalue weighted by atomic mass is 10.3. The highest BCUT2D eigenvalue weighted by molar-refractivity contribution is 8.00. The molecule has 1 saturated heterocycles. The van der Waals surface area contributed by atoms with E-state index in [0.29, 0.717) is 11.1 Å². The zero-order valence-electron chi connectivity index (χ0n) is 9.39. The number of nitrogens with two attached hydrogens (primary N) is 1. The zero-order valence-corrected chi connectivity index (χ0v) is 10.2. The maximum atomic E-state index is 5.34. The van der Waals surface area contributed by atoms with Crippen molar-refractivity contribution in [1.29, 1.82) is 0 Å². The lowest BCUT2D eigenvalue weighted by Gasteiger charge is -2.32. The van der Waals surface area contributed by atoms with Gasteiger partial charge in [0.1, 0.15) is 18.0 Å². The molecular formula is C10H17N5S. The molecule has 0 radical (unpaired) electrons. The molecule has 1 aliphatic rings. The first-order chi connectivity index (χ1) is 7.83. The number of nitrogens with one attached hydrogen (secondary N) is 1. The van der Waals surface area contributed by atoms with E-state index in [-0.39, 0.29) is 0 Å². The molecular weight excluding hydrogens is 222 g/mol. The summed E-state index contributed by atoms with van der Waals surface area (Å²) in [5.41, 5.74) is 2.55. The molecule has 1 aliphatic heterocycles. The molecule has 0 aromatic carbocycles. The van der Waals surface area contributed by atoms with E-state index in [4.69, 9.17) is 5.84 Å². The molecule has 6 heteroatoms. The van der Waals surface area contributed by atoms with Crippen LogP contribution in [0.1, 0.15) is 13.3 Å². The molecule has 88 valence electrons. The number of nitrogen functional groups attached to an aromatic ring is 1. The van der Waals surface area contributed by atoms with Crippen LogP contribution in [0.25, 0.3) is 0 Å². The van der Waals surface area contributed by atoms with Crippen LogP contribution in [-0.4, -0.2) is 34.1 Å². The van der Waals surface area contributed by atoms with E-state index in [1.807, 2.05) is 17.8 Å². The molecule has 0 spiro atoms. The number of hydrogen-bond acceptors (Lipinski definition) is 6. The molecule has 1 fully saturated rings. The molecule has 1 aromatic rings. The Morgan fingerprint density at radius 3 is 3.25 bits per heavy atom. The van der Waals surface area contributed by atoms with Crippen LogP contribution in [0.2, 0.25) is 0 Å². The van der Waals surface area contributed by atoms with Crippen LogP contribution >= 0.6 is 11.8 Å². The van der Waals surface area contributed by atoms with Gasteiger partial charge in [-0.2, -0.15) is 11.8 Å². The Labute approximate surface area is 99.8 Å². The first kappa shape index (κ1) is 11.5. The third-order valence-corrected chi connectivity index (χ3v) is 4.09. The molecule has 2 rings (SSSR count). The van der Waals surface area contributed by atoms with Crippen LogP contribution in [0.3, 0.4) is 0 Å². The lowest BCUT2D eigenvalue weighted by Crippen LogP contribution is -2.38. The summed E-state index contributed by atoms with van der Waals surface area (Å²) < 4.78 is 0. The van der Waals surface area contributed by atoms with Crippen molar-refractivity contribution in [2.24, 2.45) is 5.84 Å². The fraction of sp³-hybridized carbons (Fsp3) is 0.600. The minimum atomic E-state index is 0.663. The molecule has 1 atom stereocenters. The molecule has 5 nitrogen and oxygen atoms in total. The van der Waals surface area contributed by atoms with Crippen molar-refractivity contribution in [3.63, 3.8) is 0 Å². The Morgan fingerprint density at radius 2 is 2.50 bits per heavy atom. The average Bonchev–Trinajstić information content (AvgIpc) is 2.39. The second-order valence-electron chi connectivity index (χ2n) is 3.75. The minimum Gasteiger partial charge on any atom is -0.355 e. The third-order valence-electron chi connectivity index (χ3n) is 2.72. The zero-order chi connectivity index (χ0) is 11.4. The van der Waals surface area contributed by atoms with Gasteiger partial charge in [-0.05, 0) is 6.42 Å². The van der Waals surface area contributed by atoms with Gasteiger partial charge in [0.05, 0.1) is 0 Å². The summed E-state index contributed by atoms with van der Waals surface area (Å²) in [5.74, 6) is 8.12. The predicted molar refractivity (Wildman–Crippen MR) is 68.6 cm³/mol. The quantitative estimate of drug-likeness (QED) is 0.608. The number of rotatable bonds is 3. The second kappa shape index (κ2) is 5.36. The largest absolute Gasteiger partial charge is 0.355 e. The number of nitrogens with zero attached hydrogens (tertiary/aromatic N) is 3. The molecule has 2 heterocycles. The summed E-state index contributed by atoms with van der Waals surface area (Å²) in [7, 11) is 0. The van der Waals surface area contributed by atoms with E-state index in [0.717, 1.165) is 24.7 Å². The Morgan fingerprint density at radius 1 is 1.62 bits per heavy atom. The summed E-state index contributed by atoms with van der Waals surface area (Å²) >= 11 is 2.05.